The maximum absolute atomic E-state index is 8.86. The summed E-state index contributed by atoms with van der Waals surface area (Å²) in [6.45, 7) is -0.0551. The zero-order valence-corrected chi connectivity index (χ0v) is 7.36. The molecule has 5 nitrogen and oxygen atoms in total. The van der Waals surface area contributed by atoms with Gasteiger partial charge in [0.05, 0.1) is 6.61 Å². The Morgan fingerprint density at radius 3 is 3.08 bits per heavy atom. The number of rotatable bonds is 1. The Labute approximate surface area is 78.8 Å². The third kappa shape index (κ3) is 1.32. The van der Waals surface area contributed by atoms with E-state index in [-0.39, 0.29) is 11.9 Å². The first-order valence-corrected chi connectivity index (χ1v) is 3.99. The van der Waals surface area contributed by atoms with Crippen LogP contribution in [-0.4, -0.2) is 19.7 Å². The van der Waals surface area contributed by atoms with Gasteiger partial charge in [0.2, 0.25) is 5.28 Å². The molecule has 2 aromatic heterocycles. The summed E-state index contributed by atoms with van der Waals surface area (Å²) in [7, 11) is 0. The van der Waals surface area contributed by atoms with Crippen LogP contribution < -0.4 is 5.73 Å². The highest BCUT2D eigenvalue weighted by molar-refractivity contribution is 6.28. The molecule has 0 radical (unpaired) electrons. The number of aliphatic hydroxyl groups is 1. The van der Waals surface area contributed by atoms with Crippen molar-refractivity contribution in [2.75, 3.05) is 5.73 Å². The molecule has 0 unspecified atom stereocenters. The van der Waals surface area contributed by atoms with Crippen molar-refractivity contribution in [2.45, 2.75) is 6.61 Å². The largest absolute Gasteiger partial charge is 0.392 e. The van der Waals surface area contributed by atoms with Gasteiger partial charge in [-0.2, -0.15) is 4.98 Å². The number of hydrogen-bond acceptors (Lipinski definition) is 4. The second kappa shape index (κ2) is 2.86. The zero-order valence-electron chi connectivity index (χ0n) is 6.61. The van der Waals surface area contributed by atoms with Crippen LogP contribution >= 0.6 is 11.6 Å². The van der Waals surface area contributed by atoms with Crippen LogP contribution in [-0.2, 0) is 6.61 Å². The molecular weight excluding hydrogens is 192 g/mol. The van der Waals surface area contributed by atoms with E-state index < -0.39 is 0 Å². The third-order valence-corrected chi connectivity index (χ3v) is 1.87. The highest BCUT2D eigenvalue weighted by Gasteiger charge is 2.05. The Balaban J connectivity index is 2.75. The number of anilines is 1. The standard InChI is InChI=1S/C7H7ClN4O/c8-7-10-6(9)5-1-4(3-13)2-12(5)11-7/h1-2,13H,3H2,(H2,9,10,11). The van der Waals surface area contributed by atoms with Gasteiger partial charge in [0.1, 0.15) is 5.52 Å². The van der Waals surface area contributed by atoms with Gasteiger partial charge in [-0.15, -0.1) is 5.10 Å². The fraction of sp³-hybridized carbons (Fsp3) is 0.143. The van der Waals surface area contributed by atoms with Gasteiger partial charge in [-0.05, 0) is 23.2 Å². The van der Waals surface area contributed by atoms with Crippen LogP contribution in [0.25, 0.3) is 5.52 Å². The molecule has 68 valence electrons. The SMILES string of the molecule is Nc1nc(Cl)nn2cc(CO)cc12. The second-order valence-corrected chi connectivity index (χ2v) is 2.94. The second-order valence-electron chi connectivity index (χ2n) is 2.60. The molecular formula is C7H7ClN4O. The molecule has 0 aliphatic carbocycles. The number of aromatic nitrogens is 3. The van der Waals surface area contributed by atoms with Crippen LogP contribution in [0.15, 0.2) is 12.3 Å². The Bertz CT molecular complexity index is 453. The van der Waals surface area contributed by atoms with Crippen LogP contribution in [0.1, 0.15) is 5.56 Å². The number of halogens is 1. The lowest BCUT2D eigenvalue weighted by Crippen LogP contribution is -1.99. The first-order chi connectivity index (χ1) is 6.20. The minimum absolute atomic E-state index is 0.0551. The summed E-state index contributed by atoms with van der Waals surface area (Å²) in [6, 6.07) is 1.71. The van der Waals surface area contributed by atoms with Gasteiger partial charge in [-0.1, -0.05) is 0 Å². The first-order valence-electron chi connectivity index (χ1n) is 3.62. The first kappa shape index (κ1) is 8.28. The quantitative estimate of drug-likeness (QED) is 0.698. The van der Waals surface area contributed by atoms with Crippen LogP contribution in [0, 0.1) is 0 Å². The molecule has 0 aliphatic rings. The minimum atomic E-state index is -0.0551. The van der Waals surface area contributed by atoms with Crippen molar-refractivity contribution < 1.29 is 5.11 Å². The van der Waals surface area contributed by atoms with E-state index in [1.165, 1.54) is 4.52 Å². The van der Waals surface area contributed by atoms with Crippen molar-refractivity contribution in [2.24, 2.45) is 0 Å². The summed E-state index contributed by atoms with van der Waals surface area (Å²) in [4.78, 5) is 3.78. The van der Waals surface area contributed by atoms with Crippen molar-refractivity contribution in [3.63, 3.8) is 0 Å². The number of aliphatic hydroxyl groups excluding tert-OH is 1. The van der Waals surface area contributed by atoms with Gasteiger partial charge in [0, 0.05) is 6.20 Å². The molecule has 0 saturated carbocycles. The summed E-state index contributed by atoms with van der Waals surface area (Å²) in [5.41, 5.74) is 6.96. The van der Waals surface area contributed by atoms with Gasteiger partial charge in [0.25, 0.3) is 0 Å². The average molecular weight is 199 g/mol. The number of nitrogens with two attached hydrogens (primary N) is 1. The Kier molecular flexibility index (Phi) is 1.82. The predicted octanol–water partition coefficient (Wildman–Crippen LogP) is 0.457. The fourth-order valence-corrected chi connectivity index (χ4v) is 1.31. The summed E-state index contributed by atoms with van der Waals surface area (Å²) in [6.07, 6.45) is 1.65. The molecule has 6 heteroatoms. The van der Waals surface area contributed by atoms with Crippen LogP contribution in [0.4, 0.5) is 5.82 Å². The number of nitrogen functional groups attached to an aromatic ring is 1. The summed E-state index contributed by atoms with van der Waals surface area (Å²) in [5, 5.41) is 12.8. The van der Waals surface area contributed by atoms with Crippen molar-refractivity contribution >= 4 is 22.9 Å². The minimum Gasteiger partial charge on any atom is -0.392 e. The molecule has 13 heavy (non-hydrogen) atoms. The molecule has 2 rings (SSSR count). The molecule has 0 fully saturated rings. The molecule has 0 bridgehead atoms. The highest BCUT2D eigenvalue weighted by Crippen LogP contribution is 2.15. The third-order valence-electron chi connectivity index (χ3n) is 1.71. The lowest BCUT2D eigenvalue weighted by molar-refractivity contribution is 0.282. The summed E-state index contributed by atoms with van der Waals surface area (Å²) >= 11 is 5.59. The number of fused-ring (bicyclic) bond motifs is 1. The number of nitrogens with zero attached hydrogens (tertiary/aromatic N) is 3. The monoisotopic (exact) mass is 198 g/mol. The van der Waals surface area contributed by atoms with E-state index in [1.807, 2.05) is 0 Å². The van der Waals surface area contributed by atoms with Gasteiger partial charge in [0.15, 0.2) is 5.82 Å². The average Bonchev–Trinajstić information content (AvgIpc) is 2.47. The molecule has 3 N–H and O–H groups in total. The molecule has 2 aromatic rings. The molecule has 0 amide bonds. The Morgan fingerprint density at radius 1 is 1.62 bits per heavy atom. The molecule has 2 heterocycles. The van der Waals surface area contributed by atoms with Gasteiger partial charge in [-0.3, -0.25) is 0 Å². The summed E-state index contributed by atoms with van der Waals surface area (Å²) < 4.78 is 1.50. The molecule has 0 aliphatic heterocycles. The van der Waals surface area contributed by atoms with E-state index in [1.54, 1.807) is 12.3 Å². The maximum Gasteiger partial charge on any atom is 0.243 e. The van der Waals surface area contributed by atoms with Gasteiger partial charge < -0.3 is 10.8 Å². The lowest BCUT2D eigenvalue weighted by Gasteiger charge is -1.96. The van der Waals surface area contributed by atoms with Crippen molar-refractivity contribution in [1.29, 1.82) is 0 Å². The molecule has 0 spiro atoms. The Morgan fingerprint density at radius 2 is 2.38 bits per heavy atom. The highest BCUT2D eigenvalue weighted by atomic mass is 35.5. The molecule has 0 aromatic carbocycles. The lowest BCUT2D eigenvalue weighted by atomic mass is 10.3. The normalized spacial score (nSPS) is 10.9. The van der Waals surface area contributed by atoms with E-state index in [9.17, 15) is 0 Å². The molecule has 0 atom stereocenters. The maximum atomic E-state index is 8.86. The van der Waals surface area contributed by atoms with Crippen molar-refractivity contribution in [3.8, 4) is 0 Å². The van der Waals surface area contributed by atoms with Crippen LogP contribution in [0.5, 0.6) is 0 Å². The topological polar surface area (TPSA) is 76.4 Å². The van der Waals surface area contributed by atoms with E-state index in [0.717, 1.165) is 5.56 Å². The Hall–Kier alpha value is -1.33. The molecule has 0 saturated heterocycles. The van der Waals surface area contributed by atoms with E-state index >= 15 is 0 Å². The smallest absolute Gasteiger partial charge is 0.243 e. The van der Waals surface area contributed by atoms with Gasteiger partial charge >= 0.3 is 0 Å². The predicted molar refractivity (Wildman–Crippen MR) is 48.3 cm³/mol. The van der Waals surface area contributed by atoms with Gasteiger partial charge in [-0.25, -0.2) is 4.52 Å². The fourth-order valence-electron chi connectivity index (χ4n) is 1.13. The van der Waals surface area contributed by atoms with Crippen molar-refractivity contribution in [1.82, 2.24) is 14.6 Å². The van der Waals surface area contributed by atoms with E-state index in [2.05, 4.69) is 10.1 Å². The number of hydrogen-bond donors (Lipinski definition) is 2. The zero-order chi connectivity index (χ0) is 9.42. The van der Waals surface area contributed by atoms with E-state index in [0.29, 0.717) is 11.3 Å². The van der Waals surface area contributed by atoms with E-state index in [4.69, 9.17) is 22.4 Å². The van der Waals surface area contributed by atoms with Crippen LogP contribution in [0.3, 0.4) is 0 Å². The van der Waals surface area contributed by atoms with Crippen LogP contribution in [0.2, 0.25) is 5.28 Å². The van der Waals surface area contributed by atoms with Crippen molar-refractivity contribution in [3.05, 3.63) is 23.1 Å². The summed E-state index contributed by atoms with van der Waals surface area (Å²) in [5.74, 6) is 0.305.